The van der Waals surface area contributed by atoms with Crippen LogP contribution in [0.5, 0.6) is 0 Å². The van der Waals surface area contributed by atoms with Gasteiger partial charge < -0.3 is 4.81 Å². The molecule has 1 heterocycles. The zero-order chi connectivity index (χ0) is 5.98. The zero-order valence-corrected chi connectivity index (χ0v) is 6.89. The van der Waals surface area contributed by atoms with E-state index in [1.165, 1.54) is 11.5 Å². The van der Waals surface area contributed by atoms with Crippen LogP contribution in [0.3, 0.4) is 0 Å². The second kappa shape index (κ2) is 3.04. The first-order valence-electron chi connectivity index (χ1n) is 2.70. The molecule has 1 saturated heterocycles. The number of hydrogen-bond acceptors (Lipinski definition) is 3. The van der Waals surface area contributed by atoms with Crippen molar-refractivity contribution in [3.8, 4) is 0 Å². The van der Waals surface area contributed by atoms with Gasteiger partial charge in [-0.3, -0.25) is 0 Å². The normalized spacial score (nSPS) is 20.6. The fourth-order valence-electron chi connectivity index (χ4n) is 0.644. The molecule has 0 bridgehead atoms. The standard InChI is InChI=1S/C4H10BNS2/c1-6(2)5-7-3-4-8-5/h3-4H2,1-2H3. The highest BCUT2D eigenvalue weighted by atomic mass is 32.2. The molecule has 0 aromatic heterocycles. The number of rotatable bonds is 1. The minimum absolute atomic E-state index is 0.731. The summed E-state index contributed by atoms with van der Waals surface area (Å²) in [4.78, 5) is 2.27. The van der Waals surface area contributed by atoms with Gasteiger partial charge in [-0.2, -0.15) is 23.2 Å². The smallest absolute Gasteiger partial charge is 0.329 e. The van der Waals surface area contributed by atoms with Gasteiger partial charge in [0.15, 0.2) is 0 Å². The first-order chi connectivity index (χ1) is 3.80. The van der Waals surface area contributed by atoms with Crippen LogP contribution in [0, 0.1) is 0 Å². The molecule has 0 radical (unpaired) electrons. The van der Waals surface area contributed by atoms with Crippen molar-refractivity contribution in [1.29, 1.82) is 0 Å². The van der Waals surface area contributed by atoms with Crippen molar-refractivity contribution >= 4 is 28.6 Å². The van der Waals surface area contributed by atoms with Crippen LogP contribution in [0.2, 0.25) is 0 Å². The zero-order valence-electron chi connectivity index (χ0n) is 5.26. The van der Waals surface area contributed by atoms with Gasteiger partial charge in [-0.1, -0.05) is 0 Å². The van der Waals surface area contributed by atoms with E-state index >= 15 is 0 Å². The highest BCUT2D eigenvalue weighted by Gasteiger charge is 2.23. The Morgan fingerprint density at radius 1 is 1.25 bits per heavy atom. The lowest BCUT2D eigenvalue weighted by Crippen LogP contribution is -2.23. The average molecular weight is 147 g/mol. The van der Waals surface area contributed by atoms with Gasteiger partial charge in [0.25, 0.3) is 0 Å². The molecule has 0 N–H and O–H groups in total. The number of hydrogen-bond donors (Lipinski definition) is 0. The second-order valence-corrected chi connectivity index (χ2v) is 4.69. The van der Waals surface area contributed by atoms with E-state index < -0.39 is 0 Å². The molecule has 46 valence electrons. The lowest BCUT2D eigenvalue weighted by atomic mass is 10.3. The van der Waals surface area contributed by atoms with Crippen LogP contribution in [0.1, 0.15) is 0 Å². The summed E-state index contributed by atoms with van der Waals surface area (Å²) >= 11 is 4.08. The van der Waals surface area contributed by atoms with Gasteiger partial charge >= 0.3 is 5.40 Å². The number of nitrogens with zero attached hydrogens (tertiary/aromatic N) is 1. The summed E-state index contributed by atoms with van der Waals surface area (Å²) in [5, 5.41) is 0.731. The summed E-state index contributed by atoms with van der Waals surface area (Å²) in [5.74, 6) is 2.65. The van der Waals surface area contributed by atoms with Gasteiger partial charge in [0.05, 0.1) is 0 Å². The largest absolute Gasteiger partial charge is 0.360 e. The third-order valence-corrected chi connectivity index (χ3v) is 4.39. The van der Waals surface area contributed by atoms with Crippen molar-refractivity contribution in [2.24, 2.45) is 0 Å². The third kappa shape index (κ3) is 1.60. The fourth-order valence-corrected chi connectivity index (χ4v) is 3.38. The average Bonchev–Trinajstić information content (AvgIpc) is 2.12. The molecule has 0 aliphatic carbocycles. The van der Waals surface area contributed by atoms with Crippen LogP contribution in [0.4, 0.5) is 0 Å². The van der Waals surface area contributed by atoms with Gasteiger partial charge in [-0.15, -0.1) is 0 Å². The van der Waals surface area contributed by atoms with Crippen molar-refractivity contribution in [2.75, 3.05) is 25.6 Å². The quantitative estimate of drug-likeness (QED) is 0.509. The molecule has 4 heteroatoms. The van der Waals surface area contributed by atoms with Crippen LogP contribution in [0.15, 0.2) is 0 Å². The van der Waals surface area contributed by atoms with Crippen molar-refractivity contribution < 1.29 is 0 Å². The molecule has 0 unspecified atom stereocenters. The molecule has 0 atom stereocenters. The van der Waals surface area contributed by atoms with Gasteiger partial charge in [-0.25, -0.2) is 0 Å². The summed E-state index contributed by atoms with van der Waals surface area (Å²) in [5.41, 5.74) is 0. The van der Waals surface area contributed by atoms with E-state index in [9.17, 15) is 0 Å². The minimum atomic E-state index is 0.731. The van der Waals surface area contributed by atoms with Crippen LogP contribution in [0.25, 0.3) is 0 Å². The lowest BCUT2D eigenvalue weighted by Gasteiger charge is -2.11. The molecule has 0 aromatic rings. The molecule has 0 amide bonds. The van der Waals surface area contributed by atoms with Crippen molar-refractivity contribution in [2.45, 2.75) is 0 Å². The Kier molecular flexibility index (Phi) is 2.60. The monoisotopic (exact) mass is 147 g/mol. The molecule has 0 saturated carbocycles. The molecular formula is C4H10BNS2. The maximum Gasteiger partial charge on any atom is 0.360 e. The maximum absolute atomic E-state index is 2.27. The molecule has 1 fully saturated rings. The van der Waals surface area contributed by atoms with E-state index in [4.69, 9.17) is 0 Å². The Bertz CT molecular complexity index is 72.4. The summed E-state index contributed by atoms with van der Waals surface area (Å²) < 4.78 is 0. The van der Waals surface area contributed by atoms with Gasteiger partial charge in [0.2, 0.25) is 0 Å². The Morgan fingerprint density at radius 3 is 2.00 bits per heavy atom. The lowest BCUT2D eigenvalue weighted by molar-refractivity contribution is 0.670. The molecule has 1 nitrogen and oxygen atoms in total. The van der Waals surface area contributed by atoms with Crippen LogP contribution in [-0.2, 0) is 0 Å². The Balaban J connectivity index is 2.24. The Morgan fingerprint density at radius 2 is 1.75 bits per heavy atom. The predicted molar refractivity (Wildman–Crippen MR) is 44.4 cm³/mol. The molecular weight excluding hydrogens is 137 g/mol. The molecule has 0 spiro atoms. The van der Waals surface area contributed by atoms with Crippen LogP contribution in [-0.4, -0.2) is 35.8 Å². The van der Waals surface area contributed by atoms with E-state index in [0.717, 1.165) is 5.40 Å². The topological polar surface area (TPSA) is 3.24 Å². The summed E-state index contributed by atoms with van der Waals surface area (Å²) in [6.45, 7) is 0. The maximum atomic E-state index is 2.27. The first kappa shape index (κ1) is 6.84. The molecule has 0 aromatic carbocycles. The predicted octanol–water partition coefficient (Wildman–Crippen LogP) is 1.01. The first-order valence-corrected chi connectivity index (χ1v) is 4.80. The van der Waals surface area contributed by atoms with E-state index in [-0.39, 0.29) is 0 Å². The van der Waals surface area contributed by atoms with E-state index in [1.54, 1.807) is 0 Å². The highest BCUT2D eigenvalue weighted by molar-refractivity contribution is 8.56. The van der Waals surface area contributed by atoms with Gasteiger partial charge in [-0.05, 0) is 25.6 Å². The summed E-state index contributed by atoms with van der Waals surface area (Å²) in [6, 6.07) is 0. The van der Waals surface area contributed by atoms with Crippen LogP contribution >= 0.6 is 23.2 Å². The highest BCUT2D eigenvalue weighted by Crippen LogP contribution is 2.28. The van der Waals surface area contributed by atoms with E-state index in [1.807, 2.05) is 23.2 Å². The SMILES string of the molecule is CN(C)B1SCCS1. The van der Waals surface area contributed by atoms with Gasteiger partial charge in [0.1, 0.15) is 0 Å². The van der Waals surface area contributed by atoms with E-state index in [0.29, 0.717) is 0 Å². The summed E-state index contributed by atoms with van der Waals surface area (Å²) in [7, 11) is 4.27. The van der Waals surface area contributed by atoms with Crippen molar-refractivity contribution in [3.63, 3.8) is 0 Å². The molecule has 1 aliphatic heterocycles. The van der Waals surface area contributed by atoms with Crippen molar-refractivity contribution in [3.05, 3.63) is 0 Å². The summed E-state index contributed by atoms with van der Waals surface area (Å²) in [6.07, 6.45) is 0. The second-order valence-electron chi connectivity index (χ2n) is 2.01. The van der Waals surface area contributed by atoms with Crippen LogP contribution < -0.4 is 0 Å². The minimum Gasteiger partial charge on any atom is -0.329 e. The van der Waals surface area contributed by atoms with Gasteiger partial charge in [0, 0.05) is 0 Å². The Labute approximate surface area is 59.5 Å². The molecule has 1 rings (SSSR count). The van der Waals surface area contributed by atoms with E-state index in [2.05, 4.69) is 18.9 Å². The molecule has 1 aliphatic rings. The fraction of sp³-hybridized carbons (Fsp3) is 1.00. The van der Waals surface area contributed by atoms with Crippen molar-refractivity contribution in [1.82, 2.24) is 4.81 Å². The third-order valence-electron chi connectivity index (χ3n) is 1.03. The molecule has 8 heavy (non-hydrogen) atoms. The Hall–Kier alpha value is 0.725.